The highest BCUT2D eigenvalue weighted by Gasteiger charge is 2.30. The Balaban J connectivity index is 1.71. The first-order valence-electron chi connectivity index (χ1n) is 6.34. The van der Waals surface area contributed by atoms with Crippen molar-refractivity contribution < 1.29 is 19.4 Å². The molecule has 0 spiro atoms. The van der Waals surface area contributed by atoms with Gasteiger partial charge in [-0.1, -0.05) is 18.3 Å². The van der Waals surface area contributed by atoms with E-state index < -0.39 is 18.1 Å². The third kappa shape index (κ3) is 3.87. The zero-order valence-electron chi connectivity index (χ0n) is 11.0. The van der Waals surface area contributed by atoms with Gasteiger partial charge in [0.25, 0.3) is 0 Å². The van der Waals surface area contributed by atoms with Gasteiger partial charge in [-0.25, -0.2) is 9.59 Å². The van der Waals surface area contributed by atoms with Gasteiger partial charge in [-0.2, -0.15) is 0 Å². The lowest BCUT2D eigenvalue weighted by Crippen LogP contribution is -2.35. The van der Waals surface area contributed by atoms with E-state index in [0.717, 1.165) is 11.4 Å². The molecule has 8 nitrogen and oxygen atoms in total. The van der Waals surface area contributed by atoms with E-state index in [2.05, 4.69) is 20.8 Å². The molecule has 2 amide bonds. The second-order valence-corrected chi connectivity index (χ2v) is 5.41. The van der Waals surface area contributed by atoms with Crippen molar-refractivity contribution in [1.82, 2.24) is 15.5 Å². The Morgan fingerprint density at radius 1 is 1.45 bits per heavy atom. The highest BCUT2D eigenvalue weighted by Crippen LogP contribution is 2.19. The largest absolute Gasteiger partial charge is 0.479 e. The van der Waals surface area contributed by atoms with Crippen molar-refractivity contribution in [2.45, 2.75) is 38.4 Å². The molecule has 2 rings (SSSR count). The van der Waals surface area contributed by atoms with E-state index in [-0.39, 0.29) is 12.6 Å². The molecule has 0 bridgehead atoms. The fourth-order valence-corrected chi connectivity index (χ4v) is 2.51. The number of hydrogen-bond donors (Lipinski definition) is 3. The van der Waals surface area contributed by atoms with Crippen LogP contribution in [0.1, 0.15) is 24.8 Å². The number of aliphatic carboxylic acids is 1. The molecule has 1 aliphatic rings. The highest BCUT2D eigenvalue weighted by atomic mass is 32.1. The molecule has 9 heteroatoms. The summed E-state index contributed by atoms with van der Waals surface area (Å²) in [5, 5.41) is 23.0. The van der Waals surface area contributed by atoms with Gasteiger partial charge in [-0.15, -0.1) is 10.2 Å². The van der Waals surface area contributed by atoms with Crippen molar-refractivity contribution in [3.63, 3.8) is 0 Å². The fraction of sp³-hybridized carbons (Fsp3) is 0.636. The van der Waals surface area contributed by atoms with Gasteiger partial charge in [0.05, 0.1) is 6.10 Å². The molecule has 3 N–H and O–H groups in total. The summed E-state index contributed by atoms with van der Waals surface area (Å²) in [6, 6.07) is -0.397. The Kier molecular flexibility index (Phi) is 4.85. The minimum absolute atomic E-state index is 0.262. The number of nitrogens with one attached hydrogen (secondary N) is 2. The monoisotopic (exact) mass is 300 g/mol. The molecule has 2 heterocycles. The van der Waals surface area contributed by atoms with E-state index in [1.807, 2.05) is 6.92 Å². The number of nitrogens with zero attached hydrogens (tertiary/aromatic N) is 2. The van der Waals surface area contributed by atoms with Gasteiger partial charge in [0, 0.05) is 6.54 Å². The molecule has 0 aliphatic carbocycles. The molecule has 0 aromatic carbocycles. The standard InChI is InChI=1S/C11H16N4O4S/c1-2-8-14-15-11(20-8)13-10(18)12-5-6-3-4-7(19-6)9(16)17/h6-7H,2-5H2,1H3,(H,16,17)(H2,12,13,15,18). The molecule has 1 aromatic heterocycles. The van der Waals surface area contributed by atoms with E-state index in [0.29, 0.717) is 18.0 Å². The van der Waals surface area contributed by atoms with Crippen LogP contribution in [0.2, 0.25) is 0 Å². The van der Waals surface area contributed by atoms with Gasteiger partial charge in [0.1, 0.15) is 5.01 Å². The lowest BCUT2D eigenvalue weighted by atomic mass is 10.2. The molecule has 2 unspecified atom stereocenters. The lowest BCUT2D eigenvalue weighted by molar-refractivity contribution is -0.149. The average molecular weight is 300 g/mol. The Bertz CT molecular complexity index is 493. The summed E-state index contributed by atoms with van der Waals surface area (Å²) in [4.78, 5) is 22.3. The molecule has 1 saturated heterocycles. The van der Waals surface area contributed by atoms with Crippen LogP contribution >= 0.6 is 11.3 Å². The van der Waals surface area contributed by atoms with Gasteiger partial charge in [0.15, 0.2) is 6.10 Å². The molecule has 1 aromatic rings. The molecule has 110 valence electrons. The average Bonchev–Trinajstić information content (AvgIpc) is 3.05. The quantitative estimate of drug-likeness (QED) is 0.743. The maximum absolute atomic E-state index is 11.6. The number of amides is 2. The molecule has 1 aliphatic heterocycles. The second-order valence-electron chi connectivity index (χ2n) is 4.35. The van der Waals surface area contributed by atoms with Crippen LogP contribution in [-0.4, -0.2) is 46.1 Å². The summed E-state index contributed by atoms with van der Waals surface area (Å²) >= 11 is 1.32. The minimum Gasteiger partial charge on any atom is -0.479 e. The van der Waals surface area contributed by atoms with Crippen LogP contribution < -0.4 is 10.6 Å². The molecule has 0 radical (unpaired) electrons. The van der Waals surface area contributed by atoms with Crippen LogP contribution in [0, 0.1) is 0 Å². The predicted octanol–water partition coefficient (Wildman–Crippen LogP) is 0.854. The SMILES string of the molecule is CCc1nnc(NC(=O)NCC2CCC(C(=O)O)O2)s1. The minimum atomic E-state index is -0.960. The van der Waals surface area contributed by atoms with Crippen LogP contribution in [0.5, 0.6) is 0 Å². The van der Waals surface area contributed by atoms with Gasteiger partial charge in [0.2, 0.25) is 5.13 Å². The summed E-state index contributed by atoms with van der Waals surface area (Å²) in [6.45, 7) is 2.23. The zero-order chi connectivity index (χ0) is 14.5. The van der Waals surface area contributed by atoms with Crippen LogP contribution in [0.3, 0.4) is 0 Å². The number of hydrogen-bond acceptors (Lipinski definition) is 6. The summed E-state index contributed by atoms with van der Waals surface area (Å²) < 4.78 is 5.28. The number of carbonyl (C=O) groups is 2. The molecular weight excluding hydrogens is 284 g/mol. The third-order valence-corrected chi connectivity index (χ3v) is 3.85. The number of aromatic nitrogens is 2. The second kappa shape index (κ2) is 6.62. The smallest absolute Gasteiger partial charge is 0.332 e. The van der Waals surface area contributed by atoms with Crippen molar-refractivity contribution in [2.24, 2.45) is 0 Å². The normalized spacial score (nSPS) is 21.6. The number of anilines is 1. The summed E-state index contributed by atoms with van der Waals surface area (Å²) in [6.07, 6.45) is 0.839. The number of carboxylic acids is 1. The van der Waals surface area contributed by atoms with Crippen LogP contribution in [0.15, 0.2) is 0 Å². The Morgan fingerprint density at radius 3 is 2.85 bits per heavy atom. The summed E-state index contributed by atoms with van der Waals surface area (Å²) in [7, 11) is 0. The number of rotatable bonds is 5. The van der Waals surface area contributed by atoms with E-state index >= 15 is 0 Å². The Labute approximate surface area is 119 Å². The van der Waals surface area contributed by atoms with Crippen molar-refractivity contribution in [3.05, 3.63) is 5.01 Å². The number of carbonyl (C=O) groups excluding carboxylic acids is 1. The zero-order valence-corrected chi connectivity index (χ0v) is 11.8. The van der Waals surface area contributed by atoms with E-state index in [1.54, 1.807) is 0 Å². The van der Waals surface area contributed by atoms with E-state index in [9.17, 15) is 9.59 Å². The molecule has 1 fully saturated rings. The highest BCUT2D eigenvalue weighted by molar-refractivity contribution is 7.15. The number of urea groups is 1. The first-order valence-corrected chi connectivity index (χ1v) is 7.15. The topological polar surface area (TPSA) is 113 Å². The predicted molar refractivity (Wildman–Crippen MR) is 71.8 cm³/mol. The summed E-state index contributed by atoms with van der Waals surface area (Å²) in [5.74, 6) is -0.960. The molecule has 2 atom stereocenters. The van der Waals surface area contributed by atoms with Gasteiger partial charge in [-0.3, -0.25) is 5.32 Å². The number of ether oxygens (including phenoxy) is 1. The maximum Gasteiger partial charge on any atom is 0.332 e. The first-order chi connectivity index (χ1) is 9.58. The Morgan fingerprint density at radius 2 is 2.25 bits per heavy atom. The van der Waals surface area contributed by atoms with Crippen molar-refractivity contribution in [1.29, 1.82) is 0 Å². The fourth-order valence-electron chi connectivity index (χ4n) is 1.83. The summed E-state index contributed by atoms with van der Waals surface area (Å²) in [5.41, 5.74) is 0. The van der Waals surface area contributed by atoms with Crippen LogP contribution in [0.25, 0.3) is 0 Å². The van der Waals surface area contributed by atoms with Crippen LogP contribution in [-0.2, 0) is 16.0 Å². The molecule has 20 heavy (non-hydrogen) atoms. The first kappa shape index (κ1) is 14.7. The van der Waals surface area contributed by atoms with E-state index in [1.165, 1.54) is 11.3 Å². The van der Waals surface area contributed by atoms with Gasteiger partial charge in [-0.05, 0) is 19.3 Å². The van der Waals surface area contributed by atoms with Crippen molar-refractivity contribution in [2.75, 3.05) is 11.9 Å². The number of aryl methyl sites for hydroxylation is 1. The van der Waals surface area contributed by atoms with E-state index in [4.69, 9.17) is 9.84 Å². The van der Waals surface area contributed by atoms with Crippen molar-refractivity contribution in [3.8, 4) is 0 Å². The maximum atomic E-state index is 11.6. The van der Waals surface area contributed by atoms with Crippen molar-refractivity contribution >= 4 is 28.5 Å². The molecule has 0 saturated carbocycles. The van der Waals surface area contributed by atoms with Gasteiger partial charge >= 0.3 is 12.0 Å². The van der Waals surface area contributed by atoms with Gasteiger partial charge < -0.3 is 15.2 Å². The van der Waals surface area contributed by atoms with Crippen LogP contribution in [0.4, 0.5) is 9.93 Å². The molecular formula is C11H16N4O4S. The Hall–Kier alpha value is -1.74. The third-order valence-electron chi connectivity index (χ3n) is 2.86. The lowest BCUT2D eigenvalue weighted by Gasteiger charge is -2.12. The number of carboxylic acid groups (broad SMARTS) is 1.